The highest BCUT2D eigenvalue weighted by atomic mass is 79.9. The first-order chi connectivity index (χ1) is 7.69. The highest BCUT2D eigenvalue weighted by molar-refractivity contribution is 9.09. The molecule has 1 aromatic carbocycles. The maximum absolute atomic E-state index is 13.3. The van der Waals surface area contributed by atoms with Crippen molar-refractivity contribution in [2.75, 3.05) is 12.4 Å². The van der Waals surface area contributed by atoms with Crippen molar-refractivity contribution in [1.29, 1.82) is 0 Å². The van der Waals surface area contributed by atoms with Crippen LogP contribution < -0.4 is 0 Å². The Labute approximate surface area is 102 Å². The van der Waals surface area contributed by atoms with E-state index in [0.717, 1.165) is 11.8 Å². The number of benzene rings is 1. The molecule has 0 heterocycles. The van der Waals surface area contributed by atoms with Gasteiger partial charge in [0.25, 0.3) is 0 Å². The number of rotatable bonds is 4. The van der Waals surface area contributed by atoms with Gasteiger partial charge in [0.05, 0.1) is 12.7 Å². The molecule has 0 N–H and O–H groups in total. The quantitative estimate of drug-likeness (QED) is 0.626. The van der Waals surface area contributed by atoms with Crippen molar-refractivity contribution in [3.05, 3.63) is 41.2 Å². The fourth-order valence-electron chi connectivity index (χ4n) is 1.19. The largest absolute Gasteiger partial charge is 0.465 e. The summed E-state index contributed by atoms with van der Waals surface area (Å²) < 4.78 is 17.9. The van der Waals surface area contributed by atoms with Crippen LogP contribution in [0.5, 0.6) is 0 Å². The second-order valence-electron chi connectivity index (χ2n) is 3.11. The highest BCUT2D eigenvalue weighted by Gasteiger charge is 2.07. The number of esters is 1. The van der Waals surface area contributed by atoms with E-state index in [1.165, 1.54) is 25.3 Å². The van der Waals surface area contributed by atoms with Crippen LogP contribution in [0.1, 0.15) is 22.3 Å². The molecule has 1 rings (SSSR count). The summed E-state index contributed by atoms with van der Waals surface area (Å²) in [6.45, 7) is 0. The summed E-state index contributed by atoms with van der Waals surface area (Å²) in [5.41, 5.74) is 0.742. The first kappa shape index (κ1) is 12.9. The summed E-state index contributed by atoms with van der Waals surface area (Å²) in [6.07, 6.45) is 4.30. The summed E-state index contributed by atoms with van der Waals surface area (Å²) >= 11 is 3.27. The minimum Gasteiger partial charge on any atom is -0.465 e. The summed E-state index contributed by atoms with van der Waals surface area (Å²) in [4.78, 5) is 11.2. The van der Waals surface area contributed by atoms with Crippen molar-refractivity contribution >= 4 is 28.0 Å². The molecule has 2 nitrogen and oxygen atoms in total. The summed E-state index contributed by atoms with van der Waals surface area (Å²) in [7, 11) is 1.30. The molecule has 0 unspecified atom stereocenters. The fraction of sp³-hybridized carbons (Fsp3) is 0.250. The number of carbonyl (C=O) groups is 1. The maximum atomic E-state index is 13.3. The molecule has 0 bridgehead atoms. The monoisotopic (exact) mass is 286 g/mol. The minimum atomic E-state index is -0.463. The van der Waals surface area contributed by atoms with Crippen molar-refractivity contribution in [3.8, 4) is 0 Å². The van der Waals surface area contributed by atoms with E-state index in [4.69, 9.17) is 0 Å². The molecular formula is C12H12BrFO2. The van der Waals surface area contributed by atoms with Crippen molar-refractivity contribution in [2.24, 2.45) is 0 Å². The first-order valence-corrected chi connectivity index (χ1v) is 5.91. The highest BCUT2D eigenvalue weighted by Crippen LogP contribution is 2.13. The second kappa shape index (κ2) is 6.43. The molecule has 4 heteroatoms. The molecule has 0 aliphatic carbocycles. The lowest BCUT2D eigenvalue weighted by Gasteiger charge is -2.01. The normalized spacial score (nSPS) is 10.7. The average Bonchev–Trinajstić information content (AvgIpc) is 2.31. The van der Waals surface area contributed by atoms with Gasteiger partial charge in [0.2, 0.25) is 0 Å². The predicted molar refractivity (Wildman–Crippen MR) is 65.2 cm³/mol. The van der Waals surface area contributed by atoms with Crippen LogP contribution in [0, 0.1) is 5.82 Å². The van der Waals surface area contributed by atoms with Crippen LogP contribution in [0.4, 0.5) is 4.39 Å². The molecule has 0 amide bonds. The maximum Gasteiger partial charge on any atom is 0.337 e. The van der Waals surface area contributed by atoms with Crippen LogP contribution in [-0.4, -0.2) is 18.4 Å². The second-order valence-corrected chi connectivity index (χ2v) is 3.90. The smallest absolute Gasteiger partial charge is 0.337 e. The Morgan fingerprint density at radius 1 is 1.56 bits per heavy atom. The summed E-state index contributed by atoms with van der Waals surface area (Å²) in [6, 6.07) is 4.15. The zero-order valence-corrected chi connectivity index (χ0v) is 10.5. The van der Waals surface area contributed by atoms with Gasteiger partial charge < -0.3 is 4.74 Å². The van der Waals surface area contributed by atoms with E-state index in [1.54, 1.807) is 6.08 Å². The van der Waals surface area contributed by atoms with Gasteiger partial charge in [0.1, 0.15) is 5.82 Å². The summed E-state index contributed by atoms with van der Waals surface area (Å²) in [5, 5.41) is 0.821. The topological polar surface area (TPSA) is 26.3 Å². The van der Waals surface area contributed by atoms with E-state index in [9.17, 15) is 9.18 Å². The van der Waals surface area contributed by atoms with E-state index >= 15 is 0 Å². The molecule has 0 aliphatic rings. The van der Waals surface area contributed by atoms with Gasteiger partial charge >= 0.3 is 5.97 Å². The number of allylic oxidation sites excluding steroid dienone is 1. The van der Waals surface area contributed by atoms with Crippen molar-refractivity contribution in [1.82, 2.24) is 0 Å². The molecule has 0 saturated carbocycles. The molecule has 0 saturated heterocycles. The third kappa shape index (κ3) is 3.45. The molecule has 0 aliphatic heterocycles. The van der Waals surface area contributed by atoms with Crippen molar-refractivity contribution in [2.45, 2.75) is 6.42 Å². The van der Waals surface area contributed by atoms with Gasteiger partial charge in [0, 0.05) is 10.9 Å². The number of hydrogen-bond donors (Lipinski definition) is 0. The number of hydrogen-bond acceptors (Lipinski definition) is 2. The average molecular weight is 287 g/mol. The minimum absolute atomic E-state index is 0.349. The lowest BCUT2D eigenvalue weighted by atomic mass is 10.1. The van der Waals surface area contributed by atoms with Gasteiger partial charge in [-0.15, -0.1) is 0 Å². The number of halogens is 2. The van der Waals surface area contributed by atoms with E-state index in [2.05, 4.69) is 20.7 Å². The first-order valence-electron chi connectivity index (χ1n) is 4.79. The SMILES string of the molecule is COC(=O)c1ccc(F)c(C=CCCBr)c1. The molecule has 0 aromatic heterocycles. The van der Waals surface area contributed by atoms with Crippen LogP contribution in [-0.2, 0) is 4.74 Å². The van der Waals surface area contributed by atoms with Gasteiger partial charge in [-0.1, -0.05) is 28.1 Å². The number of carbonyl (C=O) groups excluding carboxylic acids is 1. The van der Waals surface area contributed by atoms with E-state index in [-0.39, 0.29) is 5.82 Å². The Hall–Kier alpha value is -1.16. The zero-order chi connectivity index (χ0) is 12.0. The Morgan fingerprint density at radius 2 is 2.31 bits per heavy atom. The van der Waals surface area contributed by atoms with Crippen LogP contribution in [0.3, 0.4) is 0 Å². The van der Waals surface area contributed by atoms with Gasteiger partial charge in [-0.2, -0.15) is 0 Å². The van der Waals surface area contributed by atoms with Gasteiger partial charge in [-0.25, -0.2) is 9.18 Å². The molecule has 16 heavy (non-hydrogen) atoms. The Kier molecular flexibility index (Phi) is 5.19. The Morgan fingerprint density at radius 3 is 2.94 bits per heavy atom. The van der Waals surface area contributed by atoms with E-state index in [1.807, 2.05) is 6.08 Å². The Balaban J connectivity index is 2.94. The molecule has 0 atom stereocenters. The van der Waals surface area contributed by atoms with Gasteiger partial charge in [-0.05, 0) is 24.6 Å². The predicted octanol–water partition coefficient (Wildman–Crippen LogP) is 3.41. The Bertz CT molecular complexity index is 402. The van der Waals surface area contributed by atoms with E-state index in [0.29, 0.717) is 11.1 Å². The number of alkyl halides is 1. The van der Waals surface area contributed by atoms with Crippen LogP contribution >= 0.6 is 15.9 Å². The summed E-state index contributed by atoms with van der Waals surface area (Å²) in [5.74, 6) is -0.811. The fourth-order valence-corrected chi connectivity index (χ4v) is 1.45. The molecule has 0 radical (unpaired) electrons. The van der Waals surface area contributed by atoms with Crippen LogP contribution in [0.2, 0.25) is 0 Å². The van der Waals surface area contributed by atoms with Crippen LogP contribution in [0.15, 0.2) is 24.3 Å². The van der Waals surface area contributed by atoms with Crippen molar-refractivity contribution < 1.29 is 13.9 Å². The van der Waals surface area contributed by atoms with Crippen LogP contribution in [0.25, 0.3) is 6.08 Å². The molecule has 86 valence electrons. The zero-order valence-electron chi connectivity index (χ0n) is 8.87. The third-order valence-corrected chi connectivity index (χ3v) is 2.45. The molecule has 0 spiro atoms. The number of ether oxygens (including phenoxy) is 1. The number of methoxy groups -OCH3 is 1. The standard InChI is InChI=1S/C12H12BrFO2/c1-16-12(15)10-5-6-11(14)9(8-10)4-2-3-7-13/h2,4-6,8H,3,7H2,1H3. The third-order valence-electron chi connectivity index (χ3n) is 1.99. The van der Waals surface area contributed by atoms with Crippen molar-refractivity contribution in [3.63, 3.8) is 0 Å². The van der Waals surface area contributed by atoms with Gasteiger partial charge in [0.15, 0.2) is 0 Å². The van der Waals surface area contributed by atoms with E-state index < -0.39 is 5.97 Å². The lowest BCUT2D eigenvalue weighted by molar-refractivity contribution is 0.0600. The molecule has 0 fully saturated rings. The molecular weight excluding hydrogens is 275 g/mol. The molecule has 1 aromatic rings. The van der Waals surface area contributed by atoms with Gasteiger partial charge in [-0.3, -0.25) is 0 Å². The lowest BCUT2D eigenvalue weighted by Crippen LogP contribution is -2.01.